The van der Waals surface area contributed by atoms with Gasteiger partial charge in [0.05, 0.1) is 11.6 Å². The van der Waals surface area contributed by atoms with Crippen LogP contribution in [0.5, 0.6) is 0 Å². The summed E-state index contributed by atoms with van der Waals surface area (Å²) in [7, 11) is 1.82. The molecule has 0 radical (unpaired) electrons. The summed E-state index contributed by atoms with van der Waals surface area (Å²) in [4.78, 5) is 27.3. The van der Waals surface area contributed by atoms with E-state index >= 15 is 0 Å². The predicted molar refractivity (Wildman–Crippen MR) is 95.8 cm³/mol. The van der Waals surface area contributed by atoms with Gasteiger partial charge in [0.1, 0.15) is 16.7 Å². The highest BCUT2D eigenvalue weighted by Crippen LogP contribution is 2.46. The second-order valence-corrected chi connectivity index (χ2v) is 6.96. The van der Waals surface area contributed by atoms with Crippen LogP contribution in [0.4, 0.5) is 5.69 Å². The molecule has 128 valence electrons. The summed E-state index contributed by atoms with van der Waals surface area (Å²) >= 11 is 1.38. The molecular formula is C19H18N2O3S. The van der Waals surface area contributed by atoms with Crippen molar-refractivity contribution in [1.82, 2.24) is 0 Å². The van der Waals surface area contributed by atoms with Gasteiger partial charge in [-0.15, -0.1) is 0 Å². The molecule has 1 aromatic carbocycles. The van der Waals surface area contributed by atoms with E-state index in [9.17, 15) is 14.9 Å². The minimum absolute atomic E-state index is 0.0278. The van der Waals surface area contributed by atoms with E-state index in [4.69, 9.17) is 4.74 Å². The molecule has 1 aliphatic heterocycles. The largest absolute Gasteiger partial charge is 0.457 e. The summed E-state index contributed by atoms with van der Waals surface area (Å²) in [5, 5.41) is 10.0. The number of esters is 1. The number of anilines is 1. The molecule has 1 heterocycles. The second-order valence-electron chi connectivity index (χ2n) is 5.93. The maximum Gasteiger partial charge on any atom is 0.309 e. The lowest BCUT2D eigenvalue weighted by atomic mass is 9.95. The third-order valence-electron chi connectivity index (χ3n) is 4.29. The Morgan fingerprint density at radius 1 is 1.36 bits per heavy atom. The number of nitrogens with zero attached hydrogens (tertiary/aromatic N) is 2. The van der Waals surface area contributed by atoms with Gasteiger partial charge in [0.2, 0.25) is 5.78 Å². The van der Waals surface area contributed by atoms with Gasteiger partial charge in [-0.1, -0.05) is 36.0 Å². The van der Waals surface area contributed by atoms with Gasteiger partial charge >= 0.3 is 5.97 Å². The average molecular weight is 354 g/mol. The van der Waals surface area contributed by atoms with Gasteiger partial charge in [0.25, 0.3) is 0 Å². The van der Waals surface area contributed by atoms with E-state index in [1.54, 1.807) is 0 Å². The van der Waals surface area contributed by atoms with E-state index in [1.807, 2.05) is 54.4 Å². The predicted octanol–water partition coefficient (Wildman–Crippen LogP) is 3.43. The van der Waals surface area contributed by atoms with Crippen LogP contribution in [0.15, 0.2) is 51.9 Å². The van der Waals surface area contributed by atoms with Crippen LogP contribution in [-0.2, 0) is 14.3 Å². The summed E-state index contributed by atoms with van der Waals surface area (Å²) in [5.41, 5.74) is 0.981. The van der Waals surface area contributed by atoms with Crippen molar-refractivity contribution >= 4 is 29.2 Å². The van der Waals surface area contributed by atoms with E-state index in [2.05, 4.69) is 0 Å². The van der Waals surface area contributed by atoms with Crippen LogP contribution >= 0.6 is 11.8 Å². The number of Topliss-reactive ketones (excluding diaryl/α,β-unsaturated/α-hetero) is 1. The molecule has 0 aromatic heterocycles. The molecule has 5 nitrogen and oxygen atoms in total. The Morgan fingerprint density at radius 2 is 2.16 bits per heavy atom. The lowest BCUT2D eigenvalue weighted by Gasteiger charge is -2.17. The normalized spacial score (nSPS) is 20.6. The fourth-order valence-electron chi connectivity index (χ4n) is 2.89. The molecule has 0 fully saturated rings. The lowest BCUT2D eigenvalue weighted by Crippen LogP contribution is -2.24. The number of hydrogen-bond donors (Lipinski definition) is 0. The van der Waals surface area contributed by atoms with Crippen LogP contribution in [0.1, 0.15) is 19.3 Å². The molecule has 2 aliphatic rings. The summed E-state index contributed by atoms with van der Waals surface area (Å²) in [5.74, 6) is -1.02. The highest BCUT2D eigenvalue weighted by Gasteiger charge is 2.29. The number of rotatable bonds is 4. The number of allylic oxidation sites excluding steroid dienone is 2. The minimum atomic E-state index is -0.468. The Balaban J connectivity index is 1.69. The van der Waals surface area contributed by atoms with Gasteiger partial charge in [-0.05, 0) is 31.4 Å². The fraction of sp³-hybridized carbons (Fsp3) is 0.316. The molecule has 0 saturated carbocycles. The first-order chi connectivity index (χ1) is 12.1. The van der Waals surface area contributed by atoms with Crippen molar-refractivity contribution in [2.75, 3.05) is 18.6 Å². The Hall–Kier alpha value is -2.52. The summed E-state index contributed by atoms with van der Waals surface area (Å²) in [6.07, 6.45) is 6.23. The smallest absolute Gasteiger partial charge is 0.309 e. The molecule has 1 aliphatic carbocycles. The third kappa shape index (κ3) is 3.62. The summed E-state index contributed by atoms with van der Waals surface area (Å²) < 4.78 is 5.16. The van der Waals surface area contributed by atoms with Crippen molar-refractivity contribution in [1.29, 1.82) is 5.26 Å². The maximum atomic E-state index is 12.4. The molecule has 0 bridgehead atoms. The first-order valence-corrected chi connectivity index (χ1v) is 8.93. The molecule has 3 rings (SSSR count). The zero-order valence-electron chi connectivity index (χ0n) is 13.9. The van der Waals surface area contributed by atoms with Crippen molar-refractivity contribution in [2.24, 2.45) is 5.92 Å². The van der Waals surface area contributed by atoms with Crippen molar-refractivity contribution in [3.63, 3.8) is 0 Å². The van der Waals surface area contributed by atoms with Gasteiger partial charge < -0.3 is 9.64 Å². The van der Waals surface area contributed by atoms with Gasteiger partial charge in [-0.3, -0.25) is 9.59 Å². The van der Waals surface area contributed by atoms with E-state index in [0.29, 0.717) is 11.4 Å². The Bertz CT molecular complexity index is 807. The molecule has 1 atom stereocenters. The van der Waals surface area contributed by atoms with E-state index in [-0.39, 0.29) is 17.5 Å². The molecule has 1 aromatic rings. The molecule has 0 amide bonds. The number of hydrogen-bond acceptors (Lipinski definition) is 6. The number of carbonyl (C=O) groups is 2. The lowest BCUT2D eigenvalue weighted by molar-refractivity contribution is -0.151. The SMILES string of the molecule is CN1/C(=C(\C#N)C(=O)COC(=O)[C@@H]2CC=CCC2)Sc2ccccc21. The second kappa shape index (κ2) is 7.58. The Labute approximate surface area is 150 Å². The van der Waals surface area contributed by atoms with Crippen LogP contribution in [0.3, 0.4) is 0 Å². The number of thioether (sulfide) groups is 1. The summed E-state index contributed by atoms with van der Waals surface area (Å²) in [6, 6.07) is 9.68. The van der Waals surface area contributed by atoms with Crippen molar-refractivity contribution < 1.29 is 14.3 Å². The Kier molecular flexibility index (Phi) is 5.25. The van der Waals surface area contributed by atoms with Gasteiger partial charge in [-0.25, -0.2) is 0 Å². The zero-order chi connectivity index (χ0) is 17.8. The van der Waals surface area contributed by atoms with Crippen LogP contribution in [0.25, 0.3) is 0 Å². The minimum Gasteiger partial charge on any atom is -0.457 e. The Morgan fingerprint density at radius 3 is 2.84 bits per heavy atom. The molecular weight excluding hydrogens is 336 g/mol. The number of fused-ring (bicyclic) bond motifs is 1. The van der Waals surface area contributed by atoms with Gasteiger partial charge in [0.15, 0.2) is 6.61 Å². The third-order valence-corrected chi connectivity index (χ3v) is 5.53. The first kappa shape index (κ1) is 17.3. The summed E-state index contributed by atoms with van der Waals surface area (Å²) in [6.45, 7) is -0.393. The fourth-order valence-corrected chi connectivity index (χ4v) is 4.05. The monoisotopic (exact) mass is 354 g/mol. The maximum absolute atomic E-state index is 12.4. The highest BCUT2D eigenvalue weighted by atomic mass is 32.2. The average Bonchev–Trinajstić information content (AvgIpc) is 2.98. The number of para-hydroxylation sites is 1. The van der Waals surface area contributed by atoms with E-state index in [0.717, 1.165) is 23.4 Å². The molecule has 0 unspecified atom stereocenters. The molecule has 0 spiro atoms. The van der Waals surface area contributed by atoms with Crippen LogP contribution < -0.4 is 4.90 Å². The number of carbonyl (C=O) groups excluding carboxylic acids is 2. The molecule has 0 N–H and O–H groups in total. The molecule has 6 heteroatoms. The van der Waals surface area contributed by atoms with E-state index < -0.39 is 12.4 Å². The van der Waals surface area contributed by atoms with Gasteiger partial charge in [0, 0.05) is 11.9 Å². The van der Waals surface area contributed by atoms with E-state index in [1.165, 1.54) is 11.8 Å². The molecule has 25 heavy (non-hydrogen) atoms. The van der Waals surface area contributed by atoms with Crippen molar-refractivity contribution in [3.8, 4) is 6.07 Å². The van der Waals surface area contributed by atoms with Crippen LogP contribution in [0, 0.1) is 17.2 Å². The topological polar surface area (TPSA) is 70.4 Å². The van der Waals surface area contributed by atoms with Gasteiger partial charge in [-0.2, -0.15) is 5.26 Å². The van der Waals surface area contributed by atoms with Crippen LogP contribution in [0.2, 0.25) is 0 Å². The quantitative estimate of drug-likeness (QED) is 0.357. The number of benzene rings is 1. The van der Waals surface area contributed by atoms with Crippen molar-refractivity contribution in [2.45, 2.75) is 24.2 Å². The highest BCUT2D eigenvalue weighted by molar-refractivity contribution is 8.03. The van der Waals surface area contributed by atoms with Crippen LogP contribution in [-0.4, -0.2) is 25.4 Å². The first-order valence-electron chi connectivity index (χ1n) is 8.11. The standard InChI is InChI=1S/C19H18N2O3S/c1-21-15-9-5-6-10-17(15)25-18(21)14(11-20)16(22)12-24-19(23)13-7-3-2-4-8-13/h2-3,5-6,9-10,13H,4,7-8,12H2,1H3/b18-14-/t13-/m1/s1. The number of nitriles is 1. The van der Waals surface area contributed by atoms with Crippen molar-refractivity contribution in [3.05, 3.63) is 47.0 Å². The number of ketones is 1. The number of ether oxygens (including phenoxy) is 1. The molecule has 0 saturated heterocycles. The zero-order valence-corrected chi connectivity index (χ0v) is 14.7.